The molecule has 1 rings (SSSR count). The van der Waals surface area contributed by atoms with E-state index in [1.54, 1.807) is 21.3 Å². The maximum atomic E-state index is 5.38. The van der Waals surface area contributed by atoms with Crippen LogP contribution in [0.15, 0.2) is 27.7 Å². The largest absolute Gasteiger partial charge is 0.496 e. The molecule has 0 amide bonds. The van der Waals surface area contributed by atoms with Crippen molar-refractivity contribution in [2.45, 2.75) is 26.0 Å². The number of aliphatic imine (C=N–C) groups is 1. The summed E-state index contributed by atoms with van der Waals surface area (Å²) in [4.78, 5) is 4.20. The van der Waals surface area contributed by atoms with E-state index >= 15 is 0 Å². The molecule has 1 aromatic carbocycles. The molecule has 0 spiro atoms. The van der Waals surface area contributed by atoms with Crippen molar-refractivity contribution < 1.29 is 9.47 Å². The second kappa shape index (κ2) is 8.24. The fourth-order valence-electron chi connectivity index (χ4n) is 1.65. The Morgan fingerprint density at radius 3 is 2.57 bits per heavy atom. The lowest BCUT2D eigenvalue weighted by Crippen LogP contribution is -2.45. The summed E-state index contributed by atoms with van der Waals surface area (Å²) in [5.41, 5.74) is 0.811. The molecule has 0 bridgehead atoms. The number of nitrogens with zero attached hydrogens (tertiary/aromatic N) is 1. The van der Waals surface area contributed by atoms with Crippen molar-refractivity contribution in [1.82, 2.24) is 10.6 Å². The molecular formula is C15H24BrN3O2. The normalized spacial score (nSPS) is 12.2. The first-order valence-electron chi connectivity index (χ1n) is 6.74. The van der Waals surface area contributed by atoms with Crippen molar-refractivity contribution in [2.75, 3.05) is 27.8 Å². The van der Waals surface area contributed by atoms with E-state index in [1.807, 2.05) is 32.0 Å². The number of benzene rings is 1. The Labute approximate surface area is 135 Å². The van der Waals surface area contributed by atoms with Gasteiger partial charge < -0.3 is 20.1 Å². The van der Waals surface area contributed by atoms with E-state index in [2.05, 4.69) is 31.6 Å². The summed E-state index contributed by atoms with van der Waals surface area (Å²) in [5, 5.41) is 6.51. The highest BCUT2D eigenvalue weighted by molar-refractivity contribution is 9.10. The maximum absolute atomic E-state index is 5.38. The lowest BCUT2D eigenvalue weighted by molar-refractivity contribution is 0.0268. The highest BCUT2D eigenvalue weighted by atomic mass is 79.9. The Balaban J connectivity index is 2.62. The van der Waals surface area contributed by atoms with Crippen LogP contribution in [-0.4, -0.2) is 39.4 Å². The van der Waals surface area contributed by atoms with Crippen molar-refractivity contribution >= 4 is 21.9 Å². The van der Waals surface area contributed by atoms with Gasteiger partial charge in [0.2, 0.25) is 0 Å². The van der Waals surface area contributed by atoms with Crippen LogP contribution in [0.2, 0.25) is 0 Å². The number of hydrogen-bond acceptors (Lipinski definition) is 3. The topological polar surface area (TPSA) is 54.9 Å². The minimum Gasteiger partial charge on any atom is -0.496 e. The van der Waals surface area contributed by atoms with Gasteiger partial charge in [-0.2, -0.15) is 0 Å². The molecule has 0 heterocycles. The molecule has 0 radical (unpaired) electrons. The Morgan fingerprint density at radius 2 is 2.00 bits per heavy atom. The lowest BCUT2D eigenvalue weighted by atomic mass is 10.1. The Morgan fingerprint density at radius 1 is 1.29 bits per heavy atom. The van der Waals surface area contributed by atoms with Crippen LogP contribution in [0.5, 0.6) is 5.75 Å². The zero-order valence-corrected chi connectivity index (χ0v) is 14.9. The predicted octanol–water partition coefficient (Wildman–Crippen LogP) is 2.55. The van der Waals surface area contributed by atoms with Crippen molar-refractivity contribution in [1.29, 1.82) is 0 Å². The first kappa shape index (κ1) is 17.8. The van der Waals surface area contributed by atoms with Crippen LogP contribution in [0.3, 0.4) is 0 Å². The molecule has 0 aromatic heterocycles. The van der Waals surface area contributed by atoms with E-state index < -0.39 is 0 Å². The monoisotopic (exact) mass is 357 g/mol. The minimum atomic E-state index is -0.245. The Bertz CT molecular complexity index is 490. The van der Waals surface area contributed by atoms with Crippen molar-refractivity contribution in [3.8, 4) is 5.75 Å². The average molecular weight is 358 g/mol. The molecule has 118 valence electrons. The van der Waals surface area contributed by atoms with Crippen LogP contribution < -0.4 is 15.4 Å². The van der Waals surface area contributed by atoms with Gasteiger partial charge in [-0.05, 0) is 32.0 Å². The summed E-state index contributed by atoms with van der Waals surface area (Å²) in [6, 6.07) is 5.92. The van der Waals surface area contributed by atoms with Crippen molar-refractivity contribution in [3.63, 3.8) is 0 Å². The first-order valence-corrected chi connectivity index (χ1v) is 7.53. The fraction of sp³-hybridized carbons (Fsp3) is 0.533. The number of nitrogens with one attached hydrogen (secondary N) is 2. The number of guanidine groups is 1. The van der Waals surface area contributed by atoms with Crippen LogP contribution in [0.25, 0.3) is 0 Å². The molecule has 0 aliphatic heterocycles. The number of rotatable bonds is 6. The fourth-order valence-corrected chi connectivity index (χ4v) is 2.06. The lowest BCUT2D eigenvalue weighted by Gasteiger charge is -2.24. The van der Waals surface area contributed by atoms with Gasteiger partial charge in [-0.1, -0.05) is 15.9 Å². The smallest absolute Gasteiger partial charge is 0.191 e. The second-order valence-corrected chi connectivity index (χ2v) is 6.11. The van der Waals surface area contributed by atoms with Gasteiger partial charge >= 0.3 is 0 Å². The zero-order valence-electron chi connectivity index (χ0n) is 13.3. The molecule has 5 nitrogen and oxygen atoms in total. The summed E-state index contributed by atoms with van der Waals surface area (Å²) >= 11 is 3.47. The quantitative estimate of drug-likeness (QED) is 0.606. The first-order chi connectivity index (χ1) is 9.91. The molecule has 0 aliphatic carbocycles. The van der Waals surface area contributed by atoms with E-state index in [9.17, 15) is 0 Å². The third-order valence-electron chi connectivity index (χ3n) is 3.15. The van der Waals surface area contributed by atoms with E-state index in [1.165, 1.54) is 0 Å². The van der Waals surface area contributed by atoms with Gasteiger partial charge in [0.25, 0.3) is 0 Å². The molecule has 1 aromatic rings. The summed E-state index contributed by atoms with van der Waals surface area (Å²) in [7, 11) is 5.11. The maximum Gasteiger partial charge on any atom is 0.191 e. The molecule has 0 fully saturated rings. The molecule has 0 aliphatic rings. The van der Waals surface area contributed by atoms with Gasteiger partial charge in [0.05, 0.1) is 12.7 Å². The third kappa shape index (κ3) is 5.93. The van der Waals surface area contributed by atoms with Gasteiger partial charge in [-0.25, -0.2) is 0 Å². The van der Waals surface area contributed by atoms with Gasteiger partial charge in [-0.15, -0.1) is 0 Å². The molecule has 21 heavy (non-hydrogen) atoms. The standard InChI is InChI=1S/C15H24BrN3O2/c1-15(2,21-5)10-19-14(17-3)18-9-11-8-12(16)6-7-13(11)20-4/h6-8H,9-10H2,1-5H3,(H2,17,18,19). The molecule has 0 unspecified atom stereocenters. The Kier molecular flexibility index (Phi) is 6.98. The van der Waals surface area contributed by atoms with Gasteiger partial charge in [0, 0.05) is 37.3 Å². The van der Waals surface area contributed by atoms with Gasteiger partial charge in [0.1, 0.15) is 5.75 Å². The molecule has 0 saturated heterocycles. The van der Waals surface area contributed by atoms with Crippen molar-refractivity contribution in [2.24, 2.45) is 4.99 Å². The van der Waals surface area contributed by atoms with Crippen LogP contribution >= 0.6 is 15.9 Å². The third-order valence-corrected chi connectivity index (χ3v) is 3.64. The van der Waals surface area contributed by atoms with Gasteiger partial charge in [-0.3, -0.25) is 4.99 Å². The molecule has 0 atom stereocenters. The van der Waals surface area contributed by atoms with E-state index in [0.717, 1.165) is 21.7 Å². The number of hydrogen-bond donors (Lipinski definition) is 2. The minimum absolute atomic E-state index is 0.245. The van der Waals surface area contributed by atoms with E-state index in [4.69, 9.17) is 9.47 Å². The number of methoxy groups -OCH3 is 2. The molecule has 0 saturated carbocycles. The molecule has 2 N–H and O–H groups in total. The van der Waals surface area contributed by atoms with Crippen LogP contribution in [0.4, 0.5) is 0 Å². The summed E-state index contributed by atoms with van der Waals surface area (Å²) in [6.45, 7) is 5.32. The predicted molar refractivity (Wildman–Crippen MR) is 90.0 cm³/mol. The van der Waals surface area contributed by atoms with Gasteiger partial charge in [0.15, 0.2) is 5.96 Å². The molecule has 6 heteroatoms. The van der Waals surface area contributed by atoms with Crippen molar-refractivity contribution in [3.05, 3.63) is 28.2 Å². The summed E-state index contributed by atoms with van der Waals surface area (Å²) in [6.07, 6.45) is 0. The highest BCUT2D eigenvalue weighted by Crippen LogP contribution is 2.22. The zero-order chi connectivity index (χ0) is 15.9. The average Bonchev–Trinajstić information content (AvgIpc) is 2.47. The van der Waals surface area contributed by atoms with Crippen LogP contribution in [0, 0.1) is 0 Å². The van der Waals surface area contributed by atoms with E-state index in [-0.39, 0.29) is 5.60 Å². The SMILES string of the molecule is CN=C(NCc1cc(Br)ccc1OC)NCC(C)(C)OC. The van der Waals surface area contributed by atoms with E-state index in [0.29, 0.717) is 13.1 Å². The van der Waals surface area contributed by atoms with Crippen LogP contribution in [0.1, 0.15) is 19.4 Å². The molecular weight excluding hydrogens is 334 g/mol. The summed E-state index contributed by atoms with van der Waals surface area (Å²) < 4.78 is 11.8. The Hall–Kier alpha value is -1.27. The number of ether oxygens (including phenoxy) is 2. The second-order valence-electron chi connectivity index (χ2n) is 5.20. The number of halogens is 1. The highest BCUT2D eigenvalue weighted by Gasteiger charge is 2.16. The van der Waals surface area contributed by atoms with Crippen LogP contribution in [-0.2, 0) is 11.3 Å². The summed E-state index contributed by atoms with van der Waals surface area (Å²) in [5.74, 6) is 1.57.